The van der Waals surface area contributed by atoms with Crippen molar-refractivity contribution in [3.63, 3.8) is 0 Å². The topological polar surface area (TPSA) is 46.1 Å². The summed E-state index contributed by atoms with van der Waals surface area (Å²) in [4.78, 5) is 22.7. The van der Waals surface area contributed by atoms with Crippen molar-refractivity contribution in [3.05, 3.63) is 27.7 Å². The summed E-state index contributed by atoms with van der Waals surface area (Å²) in [7, 11) is 1.82. The van der Waals surface area contributed by atoms with Gasteiger partial charge in [-0.25, -0.2) is 9.97 Å². The summed E-state index contributed by atoms with van der Waals surface area (Å²) in [6.07, 6.45) is 2.12. The van der Waals surface area contributed by atoms with Gasteiger partial charge in [0.15, 0.2) is 0 Å². The minimum absolute atomic E-state index is 0.00521. The predicted molar refractivity (Wildman–Crippen MR) is 85.5 cm³/mol. The number of aromatic nitrogens is 2. The van der Waals surface area contributed by atoms with Crippen molar-refractivity contribution in [2.75, 3.05) is 12.8 Å². The molecule has 0 saturated heterocycles. The number of hydrogen-bond donors (Lipinski definition) is 0. The van der Waals surface area contributed by atoms with Crippen LogP contribution in [-0.2, 0) is 11.2 Å². The fourth-order valence-corrected chi connectivity index (χ4v) is 4.14. The van der Waals surface area contributed by atoms with E-state index in [1.165, 1.54) is 0 Å². The van der Waals surface area contributed by atoms with Gasteiger partial charge in [-0.05, 0) is 12.7 Å². The zero-order chi connectivity index (χ0) is 14.5. The monoisotopic (exact) mass is 327 g/mol. The molecule has 0 unspecified atom stereocenters. The molecule has 0 aliphatic carbocycles. The third-order valence-corrected chi connectivity index (χ3v) is 5.81. The molecule has 2 aromatic heterocycles. The summed E-state index contributed by atoms with van der Waals surface area (Å²) in [6.45, 7) is 4.09. The SMILES string of the molecule is CCSc1nc(CC(=O)N(C)[C@@H](C)c2nccs2)cs1. The van der Waals surface area contributed by atoms with Gasteiger partial charge in [-0.1, -0.05) is 18.7 Å². The lowest BCUT2D eigenvalue weighted by molar-refractivity contribution is -0.131. The second-order valence-electron chi connectivity index (χ2n) is 4.27. The maximum absolute atomic E-state index is 12.3. The predicted octanol–water partition coefficient (Wildman–Crippen LogP) is 3.47. The first-order valence-electron chi connectivity index (χ1n) is 6.34. The minimum atomic E-state index is 0.00521. The van der Waals surface area contributed by atoms with Gasteiger partial charge in [0, 0.05) is 24.0 Å². The average Bonchev–Trinajstić information content (AvgIpc) is 3.09. The standard InChI is InChI=1S/C13H17N3OS3/c1-4-18-13-15-10(8-20-13)7-11(17)16(3)9(2)12-14-5-6-19-12/h5-6,8-9H,4,7H2,1-3H3/t9-/m0/s1. The molecule has 1 atom stereocenters. The summed E-state index contributed by atoms with van der Waals surface area (Å²) >= 11 is 4.89. The summed E-state index contributed by atoms with van der Waals surface area (Å²) in [6, 6.07) is 0.00521. The molecular weight excluding hydrogens is 310 g/mol. The van der Waals surface area contributed by atoms with Crippen LogP contribution in [0.1, 0.15) is 30.6 Å². The molecule has 108 valence electrons. The maximum Gasteiger partial charge on any atom is 0.228 e. The van der Waals surface area contributed by atoms with E-state index in [1.807, 2.05) is 24.7 Å². The van der Waals surface area contributed by atoms with Crippen molar-refractivity contribution in [3.8, 4) is 0 Å². The Hall–Kier alpha value is -0.920. The van der Waals surface area contributed by atoms with Crippen molar-refractivity contribution in [2.45, 2.75) is 30.6 Å². The van der Waals surface area contributed by atoms with Crippen LogP contribution < -0.4 is 0 Å². The second kappa shape index (κ2) is 7.19. The van der Waals surface area contributed by atoms with E-state index in [9.17, 15) is 4.79 Å². The molecule has 4 nitrogen and oxygen atoms in total. The molecule has 0 aromatic carbocycles. The van der Waals surface area contributed by atoms with E-state index < -0.39 is 0 Å². The number of thioether (sulfide) groups is 1. The zero-order valence-corrected chi connectivity index (χ0v) is 14.1. The molecule has 7 heteroatoms. The third kappa shape index (κ3) is 3.80. The third-order valence-electron chi connectivity index (χ3n) is 2.91. The first-order chi connectivity index (χ1) is 9.61. The molecule has 0 fully saturated rings. The Morgan fingerprint density at radius 3 is 2.95 bits per heavy atom. The Morgan fingerprint density at radius 1 is 1.50 bits per heavy atom. The number of likely N-dealkylation sites (N-methyl/N-ethyl adjacent to an activating group) is 1. The molecule has 0 saturated carbocycles. The summed E-state index contributed by atoms with van der Waals surface area (Å²) in [5.74, 6) is 1.08. The van der Waals surface area contributed by atoms with E-state index in [0.717, 1.165) is 20.8 Å². The van der Waals surface area contributed by atoms with Crippen LogP contribution in [0.15, 0.2) is 21.3 Å². The summed E-state index contributed by atoms with van der Waals surface area (Å²) in [5.41, 5.74) is 0.856. The number of hydrogen-bond acceptors (Lipinski definition) is 6. The van der Waals surface area contributed by atoms with Gasteiger partial charge in [0.25, 0.3) is 0 Å². The van der Waals surface area contributed by atoms with E-state index >= 15 is 0 Å². The van der Waals surface area contributed by atoms with Crippen molar-refractivity contribution < 1.29 is 4.79 Å². The Balaban J connectivity index is 1.96. The molecule has 0 aliphatic heterocycles. The lowest BCUT2D eigenvalue weighted by Crippen LogP contribution is -2.31. The van der Waals surface area contributed by atoms with Crippen molar-refractivity contribution >= 4 is 40.3 Å². The molecule has 0 N–H and O–H groups in total. The van der Waals surface area contributed by atoms with Crippen LogP contribution in [0.4, 0.5) is 0 Å². The molecule has 0 aliphatic rings. The molecule has 2 heterocycles. The fraction of sp³-hybridized carbons (Fsp3) is 0.462. The Labute approximate surface area is 131 Å². The van der Waals surface area contributed by atoms with Gasteiger partial charge in [-0.2, -0.15) is 0 Å². The molecule has 0 spiro atoms. The molecule has 1 amide bonds. The van der Waals surface area contributed by atoms with Crippen LogP contribution >= 0.6 is 34.4 Å². The molecule has 2 aromatic rings. The lowest BCUT2D eigenvalue weighted by atomic mass is 10.2. The summed E-state index contributed by atoms with van der Waals surface area (Å²) < 4.78 is 1.03. The average molecular weight is 328 g/mol. The minimum Gasteiger partial charge on any atom is -0.336 e. The summed E-state index contributed by atoms with van der Waals surface area (Å²) in [5, 5.41) is 4.86. The van der Waals surface area contributed by atoms with E-state index in [1.54, 1.807) is 45.5 Å². The van der Waals surface area contributed by atoms with E-state index in [2.05, 4.69) is 16.9 Å². The highest BCUT2D eigenvalue weighted by Crippen LogP contribution is 2.24. The normalized spacial score (nSPS) is 12.3. The van der Waals surface area contributed by atoms with Crippen LogP contribution in [0.2, 0.25) is 0 Å². The van der Waals surface area contributed by atoms with E-state index in [0.29, 0.717) is 6.42 Å². The Kier molecular flexibility index (Phi) is 5.56. The van der Waals surface area contributed by atoms with Crippen LogP contribution in [0.3, 0.4) is 0 Å². The number of rotatable bonds is 6. The molecule has 2 rings (SSSR count). The van der Waals surface area contributed by atoms with Gasteiger partial charge in [0.2, 0.25) is 5.91 Å². The first-order valence-corrected chi connectivity index (χ1v) is 9.08. The number of nitrogens with zero attached hydrogens (tertiary/aromatic N) is 3. The van der Waals surface area contributed by atoms with Crippen molar-refractivity contribution in [2.24, 2.45) is 0 Å². The Morgan fingerprint density at radius 2 is 2.30 bits per heavy atom. The first kappa shape index (κ1) is 15.5. The molecular formula is C13H17N3OS3. The zero-order valence-electron chi connectivity index (χ0n) is 11.7. The molecule has 0 bridgehead atoms. The molecule has 0 radical (unpaired) electrons. The van der Waals surface area contributed by atoms with Gasteiger partial charge < -0.3 is 4.90 Å². The number of carbonyl (C=O) groups excluding carboxylic acids is 1. The van der Waals surface area contributed by atoms with Gasteiger partial charge in [0.05, 0.1) is 18.2 Å². The van der Waals surface area contributed by atoms with E-state index in [4.69, 9.17) is 0 Å². The highest BCUT2D eigenvalue weighted by molar-refractivity contribution is 8.00. The van der Waals surface area contributed by atoms with Crippen molar-refractivity contribution in [1.82, 2.24) is 14.9 Å². The van der Waals surface area contributed by atoms with Gasteiger partial charge in [-0.15, -0.1) is 22.7 Å². The smallest absolute Gasteiger partial charge is 0.228 e. The largest absolute Gasteiger partial charge is 0.336 e. The van der Waals surface area contributed by atoms with Gasteiger partial charge >= 0.3 is 0 Å². The highest BCUT2D eigenvalue weighted by Gasteiger charge is 2.20. The Bertz CT molecular complexity index is 553. The maximum atomic E-state index is 12.3. The second-order valence-corrected chi connectivity index (χ2v) is 7.56. The van der Waals surface area contributed by atoms with Gasteiger partial charge in [-0.3, -0.25) is 4.79 Å². The fourth-order valence-electron chi connectivity index (χ4n) is 1.66. The lowest BCUT2D eigenvalue weighted by Gasteiger charge is -2.22. The van der Waals surface area contributed by atoms with Crippen molar-refractivity contribution in [1.29, 1.82) is 0 Å². The van der Waals surface area contributed by atoms with Gasteiger partial charge in [0.1, 0.15) is 9.35 Å². The molecule has 20 heavy (non-hydrogen) atoms. The van der Waals surface area contributed by atoms with Crippen LogP contribution in [0.25, 0.3) is 0 Å². The van der Waals surface area contributed by atoms with E-state index in [-0.39, 0.29) is 11.9 Å². The highest BCUT2D eigenvalue weighted by atomic mass is 32.2. The van der Waals surface area contributed by atoms with Crippen LogP contribution in [-0.4, -0.2) is 33.6 Å². The number of thiazole rings is 2. The number of amides is 1. The van der Waals surface area contributed by atoms with Crippen LogP contribution in [0.5, 0.6) is 0 Å². The van der Waals surface area contributed by atoms with Crippen LogP contribution in [0, 0.1) is 0 Å². The quantitative estimate of drug-likeness (QED) is 0.762. The number of carbonyl (C=O) groups is 1.